The highest BCUT2D eigenvalue weighted by molar-refractivity contribution is 7.53. The lowest BCUT2D eigenvalue weighted by Gasteiger charge is -2.18. The standard InChI is InChI=1S/C9H19O3P/c1-5-9(4)8-13(10,11-6-2)12-7-3/h5,9H,1,6-8H2,2-4H3. The van der Waals surface area contributed by atoms with Gasteiger partial charge < -0.3 is 9.05 Å². The highest BCUT2D eigenvalue weighted by Crippen LogP contribution is 2.49. The third-order valence-corrected chi connectivity index (χ3v) is 3.89. The van der Waals surface area contributed by atoms with Crippen LogP contribution in [0.5, 0.6) is 0 Å². The first-order valence-electron chi connectivity index (χ1n) is 4.58. The van der Waals surface area contributed by atoms with Gasteiger partial charge in [-0.25, -0.2) is 0 Å². The Morgan fingerprint density at radius 1 is 1.38 bits per heavy atom. The van der Waals surface area contributed by atoms with E-state index in [1.54, 1.807) is 6.08 Å². The van der Waals surface area contributed by atoms with Crippen LogP contribution in [0.2, 0.25) is 0 Å². The quantitative estimate of drug-likeness (QED) is 0.474. The van der Waals surface area contributed by atoms with Crippen molar-refractivity contribution in [2.75, 3.05) is 19.4 Å². The van der Waals surface area contributed by atoms with Gasteiger partial charge in [-0.15, -0.1) is 6.58 Å². The zero-order chi connectivity index (χ0) is 10.3. The van der Waals surface area contributed by atoms with Gasteiger partial charge >= 0.3 is 7.60 Å². The van der Waals surface area contributed by atoms with E-state index in [1.165, 1.54) is 0 Å². The molecule has 0 radical (unpaired) electrons. The van der Waals surface area contributed by atoms with E-state index in [0.717, 1.165) is 0 Å². The van der Waals surface area contributed by atoms with E-state index in [-0.39, 0.29) is 5.92 Å². The van der Waals surface area contributed by atoms with Gasteiger partial charge in [-0.3, -0.25) is 4.57 Å². The molecule has 0 saturated heterocycles. The number of hydrogen-bond acceptors (Lipinski definition) is 3. The van der Waals surface area contributed by atoms with Crippen LogP contribution in [0.1, 0.15) is 20.8 Å². The summed E-state index contributed by atoms with van der Waals surface area (Å²) in [7, 11) is -2.86. The van der Waals surface area contributed by atoms with Gasteiger partial charge in [-0.1, -0.05) is 13.0 Å². The fraction of sp³-hybridized carbons (Fsp3) is 0.778. The first kappa shape index (κ1) is 12.9. The second kappa shape index (κ2) is 6.36. The van der Waals surface area contributed by atoms with Gasteiger partial charge in [-0.05, 0) is 19.8 Å². The Morgan fingerprint density at radius 3 is 2.15 bits per heavy atom. The van der Waals surface area contributed by atoms with Crippen LogP contribution < -0.4 is 0 Å². The molecule has 0 rings (SSSR count). The maximum atomic E-state index is 11.9. The molecule has 0 saturated carbocycles. The van der Waals surface area contributed by atoms with Gasteiger partial charge in [0.15, 0.2) is 0 Å². The summed E-state index contributed by atoms with van der Waals surface area (Å²) in [4.78, 5) is 0. The van der Waals surface area contributed by atoms with Crippen LogP contribution in [0.25, 0.3) is 0 Å². The molecule has 1 unspecified atom stereocenters. The fourth-order valence-electron chi connectivity index (χ4n) is 0.963. The predicted molar refractivity (Wildman–Crippen MR) is 55.1 cm³/mol. The van der Waals surface area contributed by atoms with Crippen LogP contribution in [0.3, 0.4) is 0 Å². The second-order valence-corrected chi connectivity index (χ2v) is 4.95. The Bertz CT molecular complexity index is 181. The van der Waals surface area contributed by atoms with Crippen LogP contribution in [0.15, 0.2) is 12.7 Å². The molecule has 0 aromatic heterocycles. The number of rotatable bonds is 7. The zero-order valence-corrected chi connectivity index (χ0v) is 9.55. The summed E-state index contributed by atoms with van der Waals surface area (Å²) >= 11 is 0. The maximum absolute atomic E-state index is 11.9. The second-order valence-electron chi connectivity index (χ2n) is 2.84. The summed E-state index contributed by atoms with van der Waals surface area (Å²) in [6.45, 7) is 10.0. The van der Waals surface area contributed by atoms with Gasteiger partial charge in [-0.2, -0.15) is 0 Å². The van der Waals surface area contributed by atoms with E-state index < -0.39 is 7.60 Å². The van der Waals surface area contributed by atoms with Gasteiger partial charge in [0.25, 0.3) is 0 Å². The van der Waals surface area contributed by atoms with Crippen molar-refractivity contribution < 1.29 is 13.6 Å². The minimum Gasteiger partial charge on any atom is -0.309 e. The molecule has 0 fully saturated rings. The maximum Gasteiger partial charge on any atom is 0.331 e. The highest BCUT2D eigenvalue weighted by atomic mass is 31.2. The van der Waals surface area contributed by atoms with Crippen molar-refractivity contribution in [3.8, 4) is 0 Å². The minimum atomic E-state index is -2.86. The molecule has 0 aromatic carbocycles. The number of allylic oxidation sites excluding steroid dienone is 1. The van der Waals surface area contributed by atoms with Crippen molar-refractivity contribution in [2.45, 2.75) is 20.8 Å². The van der Waals surface area contributed by atoms with Gasteiger partial charge in [0.1, 0.15) is 0 Å². The van der Waals surface area contributed by atoms with Crippen molar-refractivity contribution in [1.82, 2.24) is 0 Å². The molecule has 0 aliphatic heterocycles. The Balaban J connectivity index is 4.22. The Hall–Kier alpha value is -0.110. The van der Waals surface area contributed by atoms with Gasteiger partial charge in [0.2, 0.25) is 0 Å². The SMILES string of the molecule is C=CC(C)CP(=O)(OCC)OCC. The van der Waals surface area contributed by atoms with Crippen molar-refractivity contribution >= 4 is 7.60 Å². The smallest absolute Gasteiger partial charge is 0.309 e. The monoisotopic (exact) mass is 206 g/mol. The minimum absolute atomic E-state index is 0.156. The van der Waals surface area contributed by atoms with Crippen LogP contribution in [0.4, 0.5) is 0 Å². The fourth-order valence-corrected chi connectivity index (χ4v) is 2.89. The van der Waals surface area contributed by atoms with Gasteiger partial charge in [0, 0.05) is 0 Å². The summed E-state index contributed by atoms with van der Waals surface area (Å²) in [5.74, 6) is 0.156. The van der Waals surface area contributed by atoms with Crippen molar-refractivity contribution in [3.63, 3.8) is 0 Å². The van der Waals surface area contributed by atoms with Gasteiger partial charge in [0.05, 0.1) is 19.4 Å². The molecule has 0 amide bonds. The Kier molecular flexibility index (Phi) is 6.31. The van der Waals surface area contributed by atoms with E-state index in [1.807, 2.05) is 20.8 Å². The van der Waals surface area contributed by atoms with E-state index in [2.05, 4.69) is 6.58 Å². The summed E-state index contributed by atoms with van der Waals surface area (Å²) in [5.41, 5.74) is 0. The molecule has 0 aliphatic rings. The molecular formula is C9H19O3P. The molecule has 3 nitrogen and oxygen atoms in total. The lowest BCUT2D eigenvalue weighted by atomic mass is 10.2. The van der Waals surface area contributed by atoms with Crippen molar-refractivity contribution in [3.05, 3.63) is 12.7 Å². The average molecular weight is 206 g/mol. The molecule has 4 heteroatoms. The summed E-state index contributed by atoms with van der Waals surface area (Å²) in [6.07, 6.45) is 2.17. The average Bonchev–Trinajstić information content (AvgIpc) is 2.04. The molecular weight excluding hydrogens is 187 g/mol. The first-order valence-corrected chi connectivity index (χ1v) is 6.31. The van der Waals surface area contributed by atoms with Crippen LogP contribution in [-0.2, 0) is 13.6 Å². The lowest BCUT2D eigenvalue weighted by molar-refractivity contribution is 0.218. The molecule has 13 heavy (non-hydrogen) atoms. The summed E-state index contributed by atoms with van der Waals surface area (Å²) < 4.78 is 22.1. The highest BCUT2D eigenvalue weighted by Gasteiger charge is 2.24. The third-order valence-electron chi connectivity index (χ3n) is 1.57. The summed E-state index contributed by atoms with van der Waals surface area (Å²) in [6, 6.07) is 0. The van der Waals surface area contributed by atoms with E-state index in [0.29, 0.717) is 19.4 Å². The topological polar surface area (TPSA) is 35.5 Å². The molecule has 0 N–H and O–H groups in total. The van der Waals surface area contributed by atoms with E-state index in [4.69, 9.17) is 9.05 Å². The zero-order valence-electron chi connectivity index (χ0n) is 8.66. The molecule has 78 valence electrons. The molecule has 1 atom stereocenters. The molecule has 0 aromatic rings. The molecule has 0 heterocycles. The first-order chi connectivity index (χ1) is 6.08. The normalized spacial score (nSPS) is 14.1. The van der Waals surface area contributed by atoms with Crippen molar-refractivity contribution in [2.24, 2.45) is 5.92 Å². The van der Waals surface area contributed by atoms with Crippen LogP contribution >= 0.6 is 7.60 Å². The number of hydrogen-bond donors (Lipinski definition) is 0. The predicted octanol–water partition coefficient (Wildman–Crippen LogP) is 3.07. The summed E-state index contributed by atoms with van der Waals surface area (Å²) in [5, 5.41) is 0. The largest absolute Gasteiger partial charge is 0.331 e. The van der Waals surface area contributed by atoms with Crippen LogP contribution in [-0.4, -0.2) is 19.4 Å². The van der Waals surface area contributed by atoms with Crippen LogP contribution in [0, 0.1) is 5.92 Å². The van der Waals surface area contributed by atoms with Crippen molar-refractivity contribution in [1.29, 1.82) is 0 Å². The van der Waals surface area contributed by atoms with E-state index in [9.17, 15) is 4.57 Å². The molecule has 0 aliphatic carbocycles. The van der Waals surface area contributed by atoms with E-state index >= 15 is 0 Å². The molecule has 0 spiro atoms. The Labute approximate surface area is 80.7 Å². The Morgan fingerprint density at radius 2 is 1.85 bits per heavy atom. The molecule has 0 bridgehead atoms. The lowest BCUT2D eigenvalue weighted by Crippen LogP contribution is -2.05. The third kappa shape index (κ3) is 5.25.